The summed E-state index contributed by atoms with van der Waals surface area (Å²) in [5.41, 5.74) is 8.17. The van der Waals surface area contributed by atoms with Crippen LogP contribution in [0.2, 0.25) is 0 Å². The molecule has 0 fully saturated rings. The van der Waals surface area contributed by atoms with Gasteiger partial charge in [0, 0.05) is 17.3 Å². The second-order valence-electron chi connectivity index (χ2n) is 6.22. The monoisotopic (exact) mass is 388 g/mol. The van der Waals surface area contributed by atoms with Gasteiger partial charge in [-0.15, -0.1) is 0 Å². The zero-order valence-corrected chi connectivity index (χ0v) is 16.1. The number of amides is 1. The first-order valence-electron chi connectivity index (χ1n) is 8.81. The minimum atomic E-state index is -0.790. The Morgan fingerprint density at radius 3 is 2.52 bits per heavy atom. The highest BCUT2D eigenvalue weighted by molar-refractivity contribution is 6.01. The Balaban J connectivity index is 2.11. The second kappa shape index (κ2) is 8.76. The van der Waals surface area contributed by atoms with E-state index in [2.05, 4.69) is 5.10 Å². The number of ether oxygens (including phenoxy) is 2. The van der Waals surface area contributed by atoms with E-state index in [1.54, 1.807) is 37.2 Å². The van der Waals surface area contributed by atoms with E-state index in [9.17, 15) is 10.1 Å². The Labute approximate surface area is 168 Å². The van der Waals surface area contributed by atoms with Gasteiger partial charge in [-0.2, -0.15) is 10.4 Å². The molecule has 0 aliphatic rings. The Hall–Kier alpha value is -4.05. The van der Waals surface area contributed by atoms with Crippen molar-refractivity contribution in [2.24, 2.45) is 5.73 Å². The molecule has 0 saturated heterocycles. The molecule has 0 unspecified atom stereocenters. The minimum Gasteiger partial charge on any atom is -0.493 e. The van der Waals surface area contributed by atoms with Crippen molar-refractivity contribution in [2.45, 2.75) is 6.54 Å². The SMILES string of the molecule is COc1ccc(-c2nn(Cc3ccccc3)cc2/C=C(\C#N)C(N)=O)cc1OC. The molecule has 3 rings (SSSR count). The summed E-state index contributed by atoms with van der Waals surface area (Å²) in [6.45, 7) is 0.535. The van der Waals surface area contributed by atoms with Crippen molar-refractivity contribution in [1.29, 1.82) is 5.26 Å². The van der Waals surface area contributed by atoms with Crippen LogP contribution in [0.4, 0.5) is 0 Å². The number of carbonyl (C=O) groups is 1. The van der Waals surface area contributed by atoms with Gasteiger partial charge < -0.3 is 15.2 Å². The lowest BCUT2D eigenvalue weighted by Gasteiger charge is -2.09. The standard InChI is InChI=1S/C22H20N4O3/c1-28-19-9-8-16(11-20(19)29-2)21-18(10-17(12-23)22(24)27)14-26(25-21)13-15-6-4-3-5-7-15/h3-11,14H,13H2,1-2H3,(H2,24,27)/b17-10+. The van der Waals surface area contributed by atoms with Crippen molar-refractivity contribution in [3.05, 3.63) is 71.4 Å². The topological polar surface area (TPSA) is 103 Å². The summed E-state index contributed by atoms with van der Waals surface area (Å²) >= 11 is 0. The lowest BCUT2D eigenvalue weighted by Crippen LogP contribution is -2.12. The van der Waals surface area contributed by atoms with Gasteiger partial charge in [0.2, 0.25) is 0 Å². The minimum absolute atomic E-state index is 0.147. The van der Waals surface area contributed by atoms with E-state index in [1.165, 1.54) is 6.08 Å². The first-order valence-corrected chi connectivity index (χ1v) is 8.81. The molecule has 2 N–H and O–H groups in total. The molecule has 0 saturated carbocycles. The average molecular weight is 388 g/mol. The fourth-order valence-electron chi connectivity index (χ4n) is 2.92. The molecular formula is C22H20N4O3. The van der Waals surface area contributed by atoms with Gasteiger partial charge in [0.1, 0.15) is 11.6 Å². The molecule has 0 bridgehead atoms. The predicted octanol–water partition coefficient (Wildman–Crippen LogP) is 3.01. The lowest BCUT2D eigenvalue weighted by molar-refractivity contribution is -0.114. The lowest BCUT2D eigenvalue weighted by atomic mass is 10.1. The molecule has 0 aliphatic carbocycles. The molecule has 0 atom stereocenters. The molecule has 3 aromatic rings. The number of benzene rings is 2. The van der Waals surface area contributed by atoms with E-state index in [0.29, 0.717) is 29.3 Å². The van der Waals surface area contributed by atoms with Crippen molar-refractivity contribution in [3.8, 4) is 28.8 Å². The molecule has 7 heteroatoms. The molecular weight excluding hydrogens is 368 g/mol. The van der Waals surface area contributed by atoms with Gasteiger partial charge >= 0.3 is 0 Å². The highest BCUT2D eigenvalue weighted by Crippen LogP contribution is 2.33. The Bertz CT molecular complexity index is 1090. The van der Waals surface area contributed by atoms with Crippen molar-refractivity contribution in [3.63, 3.8) is 0 Å². The van der Waals surface area contributed by atoms with Crippen LogP contribution in [0.1, 0.15) is 11.1 Å². The van der Waals surface area contributed by atoms with Crippen LogP contribution in [-0.2, 0) is 11.3 Å². The number of hydrogen-bond acceptors (Lipinski definition) is 5. The summed E-state index contributed by atoms with van der Waals surface area (Å²) in [4.78, 5) is 11.5. The quantitative estimate of drug-likeness (QED) is 0.495. The maximum atomic E-state index is 11.5. The van der Waals surface area contributed by atoms with Gasteiger partial charge in [0.05, 0.1) is 26.5 Å². The summed E-state index contributed by atoms with van der Waals surface area (Å²) in [6, 6.07) is 17.1. The largest absolute Gasteiger partial charge is 0.493 e. The van der Waals surface area contributed by atoms with Crippen LogP contribution in [0.15, 0.2) is 60.3 Å². The van der Waals surface area contributed by atoms with E-state index in [-0.39, 0.29) is 5.57 Å². The zero-order chi connectivity index (χ0) is 20.8. The van der Waals surface area contributed by atoms with E-state index in [0.717, 1.165) is 11.1 Å². The molecule has 7 nitrogen and oxygen atoms in total. The van der Waals surface area contributed by atoms with Crippen molar-refractivity contribution < 1.29 is 14.3 Å². The van der Waals surface area contributed by atoms with Crippen LogP contribution >= 0.6 is 0 Å². The summed E-state index contributed by atoms with van der Waals surface area (Å²) in [6.07, 6.45) is 3.22. The molecule has 1 amide bonds. The number of hydrogen-bond donors (Lipinski definition) is 1. The van der Waals surface area contributed by atoms with Crippen LogP contribution < -0.4 is 15.2 Å². The van der Waals surface area contributed by atoms with E-state index >= 15 is 0 Å². The maximum Gasteiger partial charge on any atom is 0.259 e. The number of rotatable bonds is 7. The fraction of sp³-hybridized carbons (Fsp3) is 0.136. The van der Waals surface area contributed by atoms with Crippen LogP contribution in [0.5, 0.6) is 11.5 Å². The number of aromatic nitrogens is 2. The third-order valence-electron chi connectivity index (χ3n) is 4.32. The number of methoxy groups -OCH3 is 2. The van der Waals surface area contributed by atoms with E-state index in [1.807, 2.05) is 42.5 Å². The molecule has 146 valence electrons. The van der Waals surface area contributed by atoms with Crippen LogP contribution in [0.25, 0.3) is 17.3 Å². The molecule has 1 aromatic heterocycles. The average Bonchev–Trinajstić information content (AvgIpc) is 3.14. The van der Waals surface area contributed by atoms with Crippen LogP contribution in [0.3, 0.4) is 0 Å². The van der Waals surface area contributed by atoms with Gasteiger partial charge in [-0.3, -0.25) is 9.48 Å². The second-order valence-corrected chi connectivity index (χ2v) is 6.22. The highest BCUT2D eigenvalue weighted by Gasteiger charge is 2.15. The predicted molar refractivity (Wildman–Crippen MR) is 109 cm³/mol. The van der Waals surface area contributed by atoms with Crippen molar-refractivity contribution in [2.75, 3.05) is 14.2 Å². The van der Waals surface area contributed by atoms with Gasteiger partial charge in [-0.25, -0.2) is 0 Å². The van der Waals surface area contributed by atoms with Crippen molar-refractivity contribution in [1.82, 2.24) is 9.78 Å². The zero-order valence-electron chi connectivity index (χ0n) is 16.1. The third-order valence-corrected chi connectivity index (χ3v) is 4.32. The Morgan fingerprint density at radius 1 is 1.17 bits per heavy atom. The number of primary amides is 1. The van der Waals surface area contributed by atoms with Crippen molar-refractivity contribution >= 4 is 12.0 Å². The first kappa shape index (κ1) is 19.7. The highest BCUT2D eigenvalue weighted by atomic mass is 16.5. The van der Waals surface area contributed by atoms with E-state index < -0.39 is 5.91 Å². The number of nitrogens with two attached hydrogens (primary N) is 1. The van der Waals surface area contributed by atoms with Crippen LogP contribution in [-0.4, -0.2) is 29.9 Å². The molecule has 0 spiro atoms. The molecule has 2 aromatic carbocycles. The van der Waals surface area contributed by atoms with Gasteiger partial charge in [-0.1, -0.05) is 30.3 Å². The summed E-state index contributed by atoms with van der Waals surface area (Å²) in [5.74, 6) is 0.349. The summed E-state index contributed by atoms with van der Waals surface area (Å²) < 4.78 is 12.4. The smallest absolute Gasteiger partial charge is 0.259 e. The Kier molecular flexibility index (Phi) is 5.95. The molecule has 1 heterocycles. The first-order chi connectivity index (χ1) is 14.0. The maximum absolute atomic E-state index is 11.5. The van der Waals surface area contributed by atoms with Gasteiger partial charge in [0.15, 0.2) is 11.5 Å². The summed E-state index contributed by atoms with van der Waals surface area (Å²) in [5, 5.41) is 13.9. The summed E-state index contributed by atoms with van der Waals surface area (Å²) in [7, 11) is 3.11. The van der Waals surface area contributed by atoms with Gasteiger partial charge in [-0.05, 0) is 29.8 Å². The van der Waals surface area contributed by atoms with Gasteiger partial charge in [0.25, 0.3) is 5.91 Å². The van der Waals surface area contributed by atoms with E-state index in [4.69, 9.17) is 15.2 Å². The Morgan fingerprint density at radius 2 is 1.90 bits per heavy atom. The molecule has 0 radical (unpaired) electrons. The molecule has 0 aliphatic heterocycles. The number of carbonyl (C=O) groups excluding carboxylic acids is 1. The fourth-order valence-corrected chi connectivity index (χ4v) is 2.92. The molecule has 29 heavy (non-hydrogen) atoms. The number of nitrogens with zero attached hydrogens (tertiary/aromatic N) is 3. The van der Waals surface area contributed by atoms with Crippen LogP contribution in [0, 0.1) is 11.3 Å². The normalized spacial score (nSPS) is 11.0. The number of nitriles is 1. The third kappa shape index (κ3) is 4.45.